The third kappa shape index (κ3) is 2.12. The minimum absolute atomic E-state index is 0.147. The lowest BCUT2D eigenvalue weighted by molar-refractivity contribution is 0.101. The molecule has 2 aromatic rings. The summed E-state index contributed by atoms with van der Waals surface area (Å²) in [5, 5.41) is 0. The number of pyridine rings is 1. The summed E-state index contributed by atoms with van der Waals surface area (Å²) in [5.41, 5.74) is 0.164. The second-order valence-electron chi connectivity index (χ2n) is 2.82. The Morgan fingerprint density at radius 3 is 2.80 bits per heavy atom. The molecule has 2 rings (SSSR count). The van der Waals surface area contributed by atoms with Crippen LogP contribution >= 0.6 is 15.9 Å². The van der Waals surface area contributed by atoms with E-state index in [9.17, 15) is 9.18 Å². The molecule has 2 heterocycles. The number of furan rings is 1. The molecular weight excluding hydrogens is 265 g/mol. The summed E-state index contributed by atoms with van der Waals surface area (Å²) in [4.78, 5) is 15.3. The lowest BCUT2D eigenvalue weighted by atomic mass is 10.1. The highest BCUT2D eigenvalue weighted by molar-refractivity contribution is 9.10. The summed E-state index contributed by atoms with van der Waals surface area (Å²) < 4.78 is 18.3. The fourth-order valence-corrected chi connectivity index (χ4v) is 1.42. The fraction of sp³-hybridized carbons (Fsp3) is 0. The molecule has 0 spiro atoms. The second kappa shape index (κ2) is 3.94. The first-order chi connectivity index (χ1) is 7.16. The van der Waals surface area contributed by atoms with Crippen LogP contribution in [0.1, 0.15) is 16.1 Å². The van der Waals surface area contributed by atoms with Gasteiger partial charge in [0.25, 0.3) is 0 Å². The molecule has 0 fully saturated rings. The van der Waals surface area contributed by atoms with E-state index < -0.39 is 11.6 Å². The molecule has 0 aliphatic heterocycles. The van der Waals surface area contributed by atoms with Gasteiger partial charge in [0.05, 0.1) is 6.20 Å². The first kappa shape index (κ1) is 10.0. The van der Waals surface area contributed by atoms with Crippen molar-refractivity contribution in [2.75, 3.05) is 0 Å². The molecular formula is C10H5BrFNO2. The highest BCUT2D eigenvalue weighted by Gasteiger charge is 2.13. The number of halogens is 2. The van der Waals surface area contributed by atoms with Crippen molar-refractivity contribution in [3.8, 4) is 0 Å². The van der Waals surface area contributed by atoms with Crippen LogP contribution in [0.2, 0.25) is 0 Å². The Bertz CT molecular complexity index is 510. The first-order valence-electron chi connectivity index (χ1n) is 4.07. The molecule has 0 aliphatic rings. The van der Waals surface area contributed by atoms with E-state index in [0.29, 0.717) is 4.67 Å². The fourth-order valence-electron chi connectivity index (χ4n) is 1.11. The Morgan fingerprint density at radius 2 is 2.20 bits per heavy atom. The summed E-state index contributed by atoms with van der Waals surface area (Å²) >= 11 is 3.08. The van der Waals surface area contributed by atoms with E-state index in [1.165, 1.54) is 12.3 Å². The van der Waals surface area contributed by atoms with Gasteiger partial charge in [-0.05, 0) is 34.1 Å². The summed E-state index contributed by atoms with van der Waals surface area (Å²) in [6.07, 6.45) is 2.33. The van der Waals surface area contributed by atoms with E-state index in [0.717, 1.165) is 12.3 Å². The average Bonchev–Trinajstić information content (AvgIpc) is 2.64. The number of carbonyl (C=O) groups is 1. The maximum Gasteiger partial charge on any atom is 0.229 e. The molecule has 0 N–H and O–H groups in total. The van der Waals surface area contributed by atoms with E-state index in [4.69, 9.17) is 4.42 Å². The SMILES string of the molecule is O=C(c1cncc(F)c1)c1ccc(Br)o1. The number of hydrogen-bond donors (Lipinski definition) is 0. The largest absolute Gasteiger partial charge is 0.446 e. The van der Waals surface area contributed by atoms with Crippen LogP contribution in [0.15, 0.2) is 39.7 Å². The van der Waals surface area contributed by atoms with E-state index in [1.54, 1.807) is 6.07 Å². The molecule has 0 unspecified atom stereocenters. The van der Waals surface area contributed by atoms with Crippen LogP contribution in [0.4, 0.5) is 4.39 Å². The summed E-state index contributed by atoms with van der Waals surface area (Å²) in [6, 6.07) is 4.23. The Hall–Kier alpha value is -1.49. The lowest BCUT2D eigenvalue weighted by Crippen LogP contribution is -2.00. The number of aromatic nitrogens is 1. The van der Waals surface area contributed by atoms with Crippen molar-refractivity contribution in [1.82, 2.24) is 4.98 Å². The molecule has 0 aliphatic carbocycles. The zero-order valence-corrected chi connectivity index (χ0v) is 8.99. The maximum atomic E-state index is 12.8. The van der Waals surface area contributed by atoms with Gasteiger partial charge in [0.2, 0.25) is 5.78 Å². The molecule has 0 saturated carbocycles. The first-order valence-corrected chi connectivity index (χ1v) is 4.87. The van der Waals surface area contributed by atoms with Gasteiger partial charge in [-0.2, -0.15) is 0 Å². The molecule has 0 radical (unpaired) electrons. The minimum Gasteiger partial charge on any atom is -0.446 e. The van der Waals surface area contributed by atoms with Crippen molar-refractivity contribution >= 4 is 21.7 Å². The van der Waals surface area contributed by atoms with Crippen LogP contribution in [0.25, 0.3) is 0 Å². The second-order valence-corrected chi connectivity index (χ2v) is 3.61. The Kier molecular flexibility index (Phi) is 2.64. The Morgan fingerprint density at radius 1 is 1.40 bits per heavy atom. The maximum absolute atomic E-state index is 12.8. The Labute approximate surface area is 93.1 Å². The van der Waals surface area contributed by atoms with Crippen LogP contribution in [0.3, 0.4) is 0 Å². The van der Waals surface area contributed by atoms with Gasteiger partial charge in [-0.15, -0.1) is 0 Å². The van der Waals surface area contributed by atoms with Crippen LogP contribution in [-0.2, 0) is 0 Å². The number of nitrogens with zero attached hydrogens (tertiary/aromatic N) is 1. The van der Waals surface area contributed by atoms with Crippen LogP contribution in [0.5, 0.6) is 0 Å². The van der Waals surface area contributed by atoms with Gasteiger partial charge in [-0.25, -0.2) is 4.39 Å². The molecule has 0 saturated heterocycles. The zero-order chi connectivity index (χ0) is 10.8. The van der Waals surface area contributed by atoms with Crippen molar-refractivity contribution < 1.29 is 13.6 Å². The quantitative estimate of drug-likeness (QED) is 0.788. The number of carbonyl (C=O) groups excluding carboxylic acids is 1. The van der Waals surface area contributed by atoms with Gasteiger partial charge in [0.15, 0.2) is 10.4 Å². The highest BCUT2D eigenvalue weighted by Crippen LogP contribution is 2.17. The molecule has 0 atom stereocenters. The third-order valence-electron chi connectivity index (χ3n) is 1.76. The minimum atomic E-state index is -0.550. The number of rotatable bonds is 2. The third-order valence-corrected chi connectivity index (χ3v) is 2.19. The predicted octanol–water partition coefficient (Wildman–Crippen LogP) is 2.81. The predicted molar refractivity (Wildman–Crippen MR) is 54.0 cm³/mol. The highest BCUT2D eigenvalue weighted by atomic mass is 79.9. The standard InChI is InChI=1S/C10H5BrFNO2/c11-9-2-1-8(15-9)10(14)6-3-7(12)5-13-4-6/h1-5H. The Balaban J connectivity index is 2.36. The van der Waals surface area contributed by atoms with Crippen molar-refractivity contribution in [3.63, 3.8) is 0 Å². The number of ketones is 1. The number of hydrogen-bond acceptors (Lipinski definition) is 3. The molecule has 0 aromatic carbocycles. The molecule has 0 bridgehead atoms. The van der Waals surface area contributed by atoms with Crippen molar-refractivity contribution in [3.05, 3.63) is 52.4 Å². The van der Waals surface area contributed by atoms with Gasteiger partial charge >= 0.3 is 0 Å². The lowest BCUT2D eigenvalue weighted by Gasteiger charge is -1.96. The van der Waals surface area contributed by atoms with Crippen molar-refractivity contribution in [1.29, 1.82) is 0 Å². The molecule has 0 amide bonds. The van der Waals surface area contributed by atoms with Crippen molar-refractivity contribution in [2.24, 2.45) is 0 Å². The monoisotopic (exact) mass is 269 g/mol. The van der Waals surface area contributed by atoms with Crippen LogP contribution in [0, 0.1) is 5.82 Å². The summed E-state index contributed by atoms with van der Waals surface area (Å²) in [5.74, 6) is -0.798. The average molecular weight is 270 g/mol. The van der Waals surface area contributed by atoms with E-state index in [1.807, 2.05) is 0 Å². The zero-order valence-electron chi connectivity index (χ0n) is 7.41. The topological polar surface area (TPSA) is 43.1 Å². The molecule has 5 heteroatoms. The van der Waals surface area contributed by atoms with Gasteiger partial charge in [0, 0.05) is 11.8 Å². The van der Waals surface area contributed by atoms with E-state index in [-0.39, 0.29) is 11.3 Å². The van der Waals surface area contributed by atoms with E-state index in [2.05, 4.69) is 20.9 Å². The molecule has 76 valence electrons. The van der Waals surface area contributed by atoms with Gasteiger partial charge in [-0.1, -0.05) is 0 Å². The summed E-state index contributed by atoms with van der Waals surface area (Å²) in [6.45, 7) is 0. The smallest absolute Gasteiger partial charge is 0.229 e. The van der Waals surface area contributed by atoms with Crippen LogP contribution < -0.4 is 0 Å². The van der Waals surface area contributed by atoms with Crippen molar-refractivity contribution in [2.45, 2.75) is 0 Å². The molecule has 15 heavy (non-hydrogen) atoms. The molecule has 2 aromatic heterocycles. The summed E-state index contributed by atoms with van der Waals surface area (Å²) in [7, 11) is 0. The van der Waals surface area contributed by atoms with Gasteiger partial charge in [0.1, 0.15) is 5.82 Å². The van der Waals surface area contributed by atoms with Gasteiger partial charge < -0.3 is 4.42 Å². The molecule has 3 nitrogen and oxygen atoms in total. The normalized spacial score (nSPS) is 10.3. The van der Waals surface area contributed by atoms with Crippen LogP contribution in [-0.4, -0.2) is 10.8 Å². The van der Waals surface area contributed by atoms with E-state index >= 15 is 0 Å². The van der Waals surface area contributed by atoms with Gasteiger partial charge in [-0.3, -0.25) is 9.78 Å².